The Morgan fingerprint density at radius 1 is 1.14 bits per heavy atom. The maximum absolute atomic E-state index is 12.2. The van der Waals surface area contributed by atoms with E-state index in [9.17, 15) is 13.6 Å². The lowest BCUT2D eigenvalue weighted by Crippen LogP contribution is -2.27. The van der Waals surface area contributed by atoms with E-state index in [1.165, 1.54) is 12.1 Å². The highest BCUT2D eigenvalue weighted by Gasteiger charge is 2.16. The molecule has 8 heteroatoms. The highest BCUT2D eigenvalue weighted by atomic mass is 35.5. The van der Waals surface area contributed by atoms with Crippen molar-refractivity contribution < 1.29 is 27.8 Å². The number of fused-ring (bicyclic) bond motifs is 1. The Morgan fingerprint density at radius 3 is 2.64 bits per heavy atom. The molecule has 150 valence electrons. The van der Waals surface area contributed by atoms with Gasteiger partial charge in [-0.3, -0.25) is 4.79 Å². The fourth-order valence-electron chi connectivity index (χ4n) is 2.82. The average molecular weight is 412 g/mol. The molecule has 0 spiro atoms. The van der Waals surface area contributed by atoms with E-state index in [0.717, 1.165) is 17.5 Å². The predicted molar refractivity (Wildman–Crippen MR) is 101 cm³/mol. The Labute approximate surface area is 166 Å². The third-order valence-electron chi connectivity index (χ3n) is 4.11. The van der Waals surface area contributed by atoms with Gasteiger partial charge in [0.2, 0.25) is 5.91 Å². The summed E-state index contributed by atoms with van der Waals surface area (Å²) in [4.78, 5) is 12.2. The van der Waals surface area contributed by atoms with Crippen molar-refractivity contribution in [2.24, 2.45) is 0 Å². The van der Waals surface area contributed by atoms with Crippen molar-refractivity contribution in [1.29, 1.82) is 0 Å². The van der Waals surface area contributed by atoms with E-state index in [1.807, 2.05) is 0 Å². The van der Waals surface area contributed by atoms with Gasteiger partial charge in [-0.15, -0.1) is 0 Å². The van der Waals surface area contributed by atoms with E-state index in [-0.39, 0.29) is 18.1 Å². The number of ether oxygens (including phenoxy) is 3. The number of carbonyl (C=O) groups is 1. The molecule has 0 aliphatic carbocycles. The van der Waals surface area contributed by atoms with Crippen molar-refractivity contribution in [3.8, 4) is 17.2 Å². The maximum Gasteiger partial charge on any atom is 0.387 e. The van der Waals surface area contributed by atoms with Gasteiger partial charge in [0.25, 0.3) is 0 Å². The molecule has 1 amide bonds. The highest BCUT2D eigenvalue weighted by molar-refractivity contribution is 6.32. The molecule has 2 aromatic rings. The fourth-order valence-corrected chi connectivity index (χ4v) is 3.11. The van der Waals surface area contributed by atoms with Gasteiger partial charge < -0.3 is 19.5 Å². The summed E-state index contributed by atoms with van der Waals surface area (Å²) in [5, 5.41) is 3.26. The number of carbonyl (C=O) groups excluding carboxylic acids is 1. The summed E-state index contributed by atoms with van der Waals surface area (Å²) in [6, 6.07) is 9.80. The van der Waals surface area contributed by atoms with Crippen LogP contribution in [0.3, 0.4) is 0 Å². The van der Waals surface area contributed by atoms with Gasteiger partial charge in [0.1, 0.15) is 5.75 Å². The zero-order valence-corrected chi connectivity index (χ0v) is 15.8. The maximum atomic E-state index is 12.2. The van der Waals surface area contributed by atoms with Gasteiger partial charge in [-0.2, -0.15) is 8.78 Å². The van der Waals surface area contributed by atoms with Crippen molar-refractivity contribution >= 4 is 17.5 Å². The molecule has 1 N–H and O–H groups in total. The highest BCUT2D eigenvalue weighted by Crippen LogP contribution is 2.38. The quantitative estimate of drug-likeness (QED) is 0.748. The number of amides is 1. The summed E-state index contributed by atoms with van der Waals surface area (Å²) >= 11 is 6.24. The second-order valence-corrected chi connectivity index (χ2v) is 6.66. The molecule has 0 atom stereocenters. The topological polar surface area (TPSA) is 56.8 Å². The minimum Gasteiger partial charge on any atom is -0.489 e. The molecule has 2 aromatic carbocycles. The first-order valence-electron chi connectivity index (χ1n) is 8.90. The number of benzene rings is 2. The Balaban J connectivity index is 1.49. The molecule has 0 unspecified atom stereocenters. The molecule has 28 heavy (non-hydrogen) atoms. The van der Waals surface area contributed by atoms with E-state index in [1.54, 1.807) is 24.3 Å². The molecular formula is C20H20ClF2NO4. The Morgan fingerprint density at radius 2 is 1.89 bits per heavy atom. The van der Waals surface area contributed by atoms with Gasteiger partial charge >= 0.3 is 6.61 Å². The molecule has 1 heterocycles. The SMILES string of the molecule is O=C(Cc1cc(Cl)c2c(c1)OCCCO2)NCCc1ccc(OC(F)F)cc1. The van der Waals surface area contributed by atoms with Crippen LogP contribution in [0.1, 0.15) is 17.5 Å². The summed E-state index contributed by atoms with van der Waals surface area (Å²) in [6.07, 6.45) is 1.51. The molecule has 0 saturated carbocycles. The van der Waals surface area contributed by atoms with Crippen molar-refractivity contribution in [3.63, 3.8) is 0 Å². The molecule has 5 nitrogen and oxygen atoms in total. The monoisotopic (exact) mass is 411 g/mol. The van der Waals surface area contributed by atoms with Gasteiger partial charge in [-0.1, -0.05) is 23.7 Å². The van der Waals surface area contributed by atoms with Gasteiger partial charge in [0.15, 0.2) is 11.5 Å². The Kier molecular flexibility index (Phi) is 6.92. The number of halogens is 3. The Hall–Kier alpha value is -2.54. The average Bonchev–Trinajstić information content (AvgIpc) is 2.88. The third-order valence-corrected chi connectivity index (χ3v) is 4.39. The first-order valence-corrected chi connectivity index (χ1v) is 9.27. The summed E-state index contributed by atoms with van der Waals surface area (Å²) < 4.78 is 39.8. The molecule has 0 bridgehead atoms. The number of hydrogen-bond acceptors (Lipinski definition) is 4. The molecule has 0 saturated heterocycles. The first-order chi connectivity index (χ1) is 13.5. The summed E-state index contributed by atoms with van der Waals surface area (Å²) in [5.74, 6) is 1.03. The summed E-state index contributed by atoms with van der Waals surface area (Å²) in [5.41, 5.74) is 1.64. The second-order valence-electron chi connectivity index (χ2n) is 6.25. The first kappa shape index (κ1) is 20.2. The zero-order valence-electron chi connectivity index (χ0n) is 15.1. The van der Waals surface area contributed by atoms with E-state index in [2.05, 4.69) is 10.1 Å². The molecule has 1 aliphatic rings. The molecule has 0 fully saturated rings. The van der Waals surface area contributed by atoms with Gasteiger partial charge in [-0.25, -0.2) is 0 Å². The number of alkyl halides is 2. The fraction of sp³-hybridized carbons (Fsp3) is 0.350. The van der Waals surface area contributed by atoms with Crippen LogP contribution in [0.4, 0.5) is 8.78 Å². The largest absolute Gasteiger partial charge is 0.489 e. The minimum absolute atomic E-state index is 0.106. The Bertz CT molecular complexity index is 815. The van der Waals surface area contributed by atoms with Crippen molar-refractivity contribution in [2.75, 3.05) is 19.8 Å². The van der Waals surface area contributed by atoms with E-state index in [0.29, 0.717) is 42.7 Å². The number of hydrogen-bond donors (Lipinski definition) is 1. The van der Waals surface area contributed by atoms with Crippen LogP contribution >= 0.6 is 11.6 Å². The van der Waals surface area contributed by atoms with Crippen molar-refractivity contribution in [3.05, 3.63) is 52.5 Å². The standard InChI is InChI=1S/C20H20ClF2NO4/c21-16-10-14(11-17-19(16)27-9-1-8-26-17)12-18(25)24-7-6-13-2-4-15(5-3-13)28-20(22)23/h2-5,10-11,20H,1,6-9,12H2,(H,24,25). The normalized spacial score (nSPS) is 13.1. The van der Waals surface area contributed by atoms with E-state index in [4.69, 9.17) is 21.1 Å². The van der Waals surface area contributed by atoms with Crippen LogP contribution in [0.5, 0.6) is 17.2 Å². The molecule has 0 aromatic heterocycles. The van der Waals surface area contributed by atoms with Crippen molar-refractivity contribution in [1.82, 2.24) is 5.32 Å². The van der Waals surface area contributed by atoms with Crippen molar-refractivity contribution in [2.45, 2.75) is 25.9 Å². The minimum atomic E-state index is -2.84. The van der Waals surface area contributed by atoms with Crippen LogP contribution in [0.25, 0.3) is 0 Å². The van der Waals surface area contributed by atoms with Gasteiger partial charge in [0.05, 0.1) is 24.7 Å². The van der Waals surface area contributed by atoms with Crippen LogP contribution in [0.15, 0.2) is 36.4 Å². The molecule has 3 rings (SSSR count). The van der Waals surface area contributed by atoms with E-state index >= 15 is 0 Å². The van der Waals surface area contributed by atoms with Gasteiger partial charge in [0, 0.05) is 13.0 Å². The lowest BCUT2D eigenvalue weighted by atomic mass is 10.1. The summed E-state index contributed by atoms with van der Waals surface area (Å²) in [6.45, 7) is -1.34. The smallest absolute Gasteiger partial charge is 0.387 e. The lowest BCUT2D eigenvalue weighted by molar-refractivity contribution is -0.120. The van der Waals surface area contributed by atoms with Crippen LogP contribution in [0, 0.1) is 0 Å². The zero-order chi connectivity index (χ0) is 19.9. The van der Waals surface area contributed by atoms with E-state index < -0.39 is 6.61 Å². The molecular weight excluding hydrogens is 392 g/mol. The van der Waals surface area contributed by atoms with Crippen LogP contribution in [0.2, 0.25) is 5.02 Å². The van der Waals surface area contributed by atoms with Crippen LogP contribution < -0.4 is 19.5 Å². The molecule has 0 radical (unpaired) electrons. The second kappa shape index (κ2) is 9.59. The number of rotatable bonds is 7. The third kappa shape index (κ3) is 5.73. The summed E-state index contributed by atoms with van der Waals surface area (Å²) in [7, 11) is 0. The van der Waals surface area contributed by atoms with Crippen LogP contribution in [-0.2, 0) is 17.6 Å². The predicted octanol–water partition coefficient (Wildman–Crippen LogP) is 4.00. The van der Waals surface area contributed by atoms with Crippen LogP contribution in [-0.4, -0.2) is 32.3 Å². The van der Waals surface area contributed by atoms with Gasteiger partial charge in [-0.05, 0) is 41.8 Å². The number of nitrogens with one attached hydrogen (secondary N) is 1. The molecule has 1 aliphatic heterocycles. The lowest BCUT2D eigenvalue weighted by Gasteiger charge is -2.12.